The summed E-state index contributed by atoms with van der Waals surface area (Å²) in [6, 6.07) is 7.75. The summed E-state index contributed by atoms with van der Waals surface area (Å²) >= 11 is 0. The first kappa shape index (κ1) is 19.5. The zero-order valence-electron chi connectivity index (χ0n) is 16.2. The molecular formula is C21H31N3O3. The summed E-state index contributed by atoms with van der Waals surface area (Å²) in [4.78, 5) is 16.7. The van der Waals surface area contributed by atoms with Crippen molar-refractivity contribution in [3.63, 3.8) is 0 Å². The van der Waals surface area contributed by atoms with Crippen molar-refractivity contribution in [3.05, 3.63) is 36.9 Å². The summed E-state index contributed by atoms with van der Waals surface area (Å²) in [5, 5.41) is 3.11. The molecule has 2 aliphatic heterocycles. The van der Waals surface area contributed by atoms with E-state index in [-0.39, 0.29) is 12.1 Å². The lowest BCUT2D eigenvalue weighted by molar-refractivity contribution is 0.108. The normalized spacial score (nSPS) is 21.1. The molecule has 2 amide bonds. The van der Waals surface area contributed by atoms with Crippen molar-refractivity contribution in [2.24, 2.45) is 5.92 Å². The number of amides is 2. The first-order valence-corrected chi connectivity index (χ1v) is 9.85. The molecular weight excluding hydrogens is 342 g/mol. The highest BCUT2D eigenvalue weighted by molar-refractivity contribution is 5.74. The van der Waals surface area contributed by atoms with Gasteiger partial charge >= 0.3 is 6.03 Å². The first-order chi connectivity index (χ1) is 13.2. The third kappa shape index (κ3) is 5.39. The van der Waals surface area contributed by atoms with Crippen molar-refractivity contribution in [1.29, 1.82) is 0 Å². The van der Waals surface area contributed by atoms with E-state index in [2.05, 4.69) is 16.8 Å². The van der Waals surface area contributed by atoms with E-state index < -0.39 is 0 Å². The topological polar surface area (TPSA) is 54.0 Å². The van der Waals surface area contributed by atoms with E-state index >= 15 is 0 Å². The molecule has 0 aliphatic carbocycles. The van der Waals surface area contributed by atoms with E-state index in [1.54, 1.807) is 7.11 Å². The van der Waals surface area contributed by atoms with Gasteiger partial charge in [0.05, 0.1) is 7.11 Å². The Kier molecular flexibility index (Phi) is 6.98. The largest absolute Gasteiger partial charge is 0.493 e. The number of carbonyl (C=O) groups is 1. The third-order valence-corrected chi connectivity index (χ3v) is 5.39. The third-order valence-electron chi connectivity index (χ3n) is 5.39. The van der Waals surface area contributed by atoms with Crippen LogP contribution < -0.4 is 14.8 Å². The Bertz CT molecular complexity index is 629. The van der Waals surface area contributed by atoms with Crippen LogP contribution >= 0.6 is 0 Å². The van der Waals surface area contributed by atoms with Crippen LogP contribution in [0.25, 0.3) is 0 Å². The van der Waals surface area contributed by atoms with Gasteiger partial charge in [0.1, 0.15) is 6.10 Å². The molecule has 0 bridgehead atoms. The fraction of sp³-hybridized carbons (Fsp3) is 0.571. The minimum absolute atomic E-state index is 0.0490. The number of benzene rings is 1. The number of likely N-dealkylation sites (tertiary alicyclic amines) is 2. The van der Waals surface area contributed by atoms with Gasteiger partial charge in [0.25, 0.3) is 0 Å². The van der Waals surface area contributed by atoms with Gasteiger partial charge < -0.3 is 19.7 Å². The molecule has 6 nitrogen and oxygen atoms in total. The molecule has 0 spiro atoms. The number of rotatable bonds is 7. The van der Waals surface area contributed by atoms with Crippen LogP contribution in [0.5, 0.6) is 11.5 Å². The molecule has 3 rings (SSSR count). The van der Waals surface area contributed by atoms with Crippen molar-refractivity contribution in [1.82, 2.24) is 15.1 Å². The van der Waals surface area contributed by atoms with Gasteiger partial charge in [-0.25, -0.2) is 4.79 Å². The predicted molar refractivity (Wildman–Crippen MR) is 106 cm³/mol. The number of nitrogens with one attached hydrogen (secondary N) is 1. The molecule has 27 heavy (non-hydrogen) atoms. The standard InChI is InChI=1S/C21H31N3O3/c1-3-11-23-12-8-17(16-23)15-22-21(25)24-13-9-18(10-14-24)27-20-7-5-4-6-19(20)26-2/h3-7,17-18H,1,8-16H2,2H3,(H,22,25)/t17-/m1/s1. The van der Waals surface area contributed by atoms with Crippen LogP contribution in [0.4, 0.5) is 4.79 Å². The fourth-order valence-corrected chi connectivity index (χ4v) is 3.84. The van der Waals surface area contributed by atoms with Gasteiger partial charge in [-0.3, -0.25) is 4.90 Å². The van der Waals surface area contributed by atoms with E-state index in [0.717, 1.165) is 70.0 Å². The zero-order valence-corrected chi connectivity index (χ0v) is 16.2. The lowest BCUT2D eigenvalue weighted by atomic mass is 10.1. The van der Waals surface area contributed by atoms with Crippen LogP contribution in [0.1, 0.15) is 19.3 Å². The van der Waals surface area contributed by atoms with Crippen molar-refractivity contribution >= 4 is 6.03 Å². The van der Waals surface area contributed by atoms with Crippen LogP contribution in [-0.4, -0.2) is 68.3 Å². The van der Waals surface area contributed by atoms with Gasteiger partial charge in [-0.2, -0.15) is 0 Å². The van der Waals surface area contributed by atoms with Gasteiger partial charge in [0.15, 0.2) is 11.5 Å². The molecule has 2 saturated heterocycles. The Morgan fingerprint density at radius 2 is 1.96 bits per heavy atom. The fourth-order valence-electron chi connectivity index (χ4n) is 3.84. The lowest BCUT2D eigenvalue weighted by Crippen LogP contribution is -2.47. The number of hydrogen-bond acceptors (Lipinski definition) is 4. The van der Waals surface area contributed by atoms with Crippen LogP contribution in [0.3, 0.4) is 0 Å². The van der Waals surface area contributed by atoms with E-state index in [0.29, 0.717) is 5.92 Å². The van der Waals surface area contributed by atoms with Gasteiger partial charge in [-0.05, 0) is 31.0 Å². The molecule has 0 aromatic heterocycles. The second kappa shape index (κ2) is 9.65. The SMILES string of the molecule is C=CCN1CC[C@H](CNC(=O)N2CCC(Oc3ccccc3OC)CC2)C1. The number of para-hydroxylation sites is 2. The molecule has 1 aromatic carbocycles. The molecule has 0 radical (unpaired) electrons. The van der Waals surface area contributed by atoms with Crippen LogP contribution in [-0.2, 0) is 0 Å². The average molecular weight is 373 g/mol. The Hall–Kier alpha value is -2.21. The average Bonchev–Trinajstić information content (AvgIpc) is 3.15. The van der Waals surface area contributed by atoms with Crippen LogP contribution in [0.2, 0.25) is 0 Å². The minimum atomic E-state index is 0.0490. The number of carbonyl (C=O) groups excluding carboxylic acids is 1. The Balaban J connectivity index is 1.38. The number of methoxy groups -OCH3 is 1. The van der Waals surface area contributed by atoms with E-state index in [1.807, 2.05) is 35.2 Å². The number of urea groups is 1. The molecule has 148 valence electrons. The molecule has 2 fully saturated rings. The summed E-state index contributed by atoms with van der Waals surface area (Å²) in [7, 11) is 1.65. The van der Waals surface area contributed by atoms with E-state index in [1.165, 1.54) is 0 Å². The summed E-state index contributed by atoms with van der Waals surface area (Å²) in [6.45, 7) is 9.06. The van der Waals surface area contributed by atoms with Crippen LogP contribution in [0.15, 0.2) is 36.9 Å². The second-order valence-electron chi connectivity index (χ2n) is 7.34. The zero-order chi connectivity index (χ0) is 19.1. The van der Waals surface area contributed by atoms with Crippen molar-refractivity contribution < 1.29 is 14.3 Å². The van der Waals surface area contributed by atoms with Crippen molar-refractivity contribution in [3.8, 4) is 11.5 Å². The maximum atomic E-state index is 12.5. The van der Waals surface area contributed by atoms with Crippen molar-refractivity contribution in [2.45, 2.75) is 25.4 Å². The number of hydrogen-bond donors (Lipinski definition) is 1. The second-order valence-corrected chi connectivity index (χ2v) is 7.34. The monoisotopic (exact) mass is 373 g/mol. The lowest BCUT2D eigenvalue weighted by Gasteiger charge is -2.32. The van der Waals surface area contributed by atoms with Crippen molar-refractivity contribution in [2.75, 3.05) is 46.4 Å². The molecule has 6 heteroatoms. The number of ether oxygens (including phenoxy) is 2. The Labute approximate surface area is 162 Å². The highest BCUT2D eigenvalue weighted by Gasteiger charge is 2.26. The summed E-state index contributed by atoms with van der Waals surface area (Å²) in [5.41, 5.74) is 0. The number of piperidine rings is 1. The van der Waals surface area contributed by atoms with Crippen LogP contribution in [0, 0.1) is 5.92 Å². The van der Waals surface area contributed by atoms with Gasteiger partial charge in [0, 0.05) is 45.6 Å². The smallest absolute Gasteiger partial charge is 0.317 e. The summed E-state index contributed by atoms with van der Waals surface area (Å²) in [6.07, 6.45) is 4.87. The van der Waals surface area contributed by atoms with Gasteiger partial charge in [-0.1, -0.05) is 18.2 Å². The Morgan fingerprint density at radius 3 is 2.67 bits per heavy atom. The Morgan fingerprint density at radius 1 is 1.22 bits per heavy atom. The summed E-state index contributed by atoms with van der Waals surface area (Å²) < 4.78 is 11.4. The van der Waals surface area contributed by atoms with Gasteiger partial charge in [0.2, 0.25) is 0 Å². The molecule has 1 aromatic rings. The van der Waals surface area contributed by atoms with E-state index in [4.69, 9.17) is 9.47 Å². The highest BCUT2D eigenvalue weighted by atomic mass is 16.5. The molecule has 0 saturated carbocycles. The van der Waals surface area contributed by atoms with E-state index in [9.17, 15) is 4.79 Å². The maximum Gasteiger partial charge on any atom is 0.317 e. The molecule has 2 heterocycles. The number of nitrogens with zero attached hydrogens (tertiary/aromatic N) is 2. The molecule has 1 N–H and O–H groups in total. The first-order valence-electron chi connectivity index (χ1n) is 9.85. The summed E-state index contributed by atoms with van der Waals surface area (Å²) in [5.74, 6) is 2.06. The van der Waals surface area contributed by atoms with Gasteiger partial charge in [-0.15, -0.1) is 6.58 Å². The molecule has 2 aliphatic rings. The molecule has 1 atom stereocenters. The maximum absolute atomic E-state index is 12.5. The molecule has 0 unspecified atom stereocenters. The predicted octanol–water partition coefficient (Wildman–Crippen LogP) is 2.76. The quantitative estimate of drug-likeness (QED) is 0.747. The highest BCUT2D eigenvalue weighted by Crippen LogP contribution is 2.29. The minimum Gasteiger partial charge on any atom is -0.493 e.